The summed E-state index contributed by atoms with van der Waals surface area (Å²) in [5.74, 6) is 0. The van der Waals surface area contributed by atoms with E-state index < -0.39 is 0 Å². The monoisotopic (exact) mass is 299 g/mol. The van der Waals surface area contributed by atoms with Crippen molar-refractivity contribution in [1.82, 2.24) is 4.98 Å². The van der Waals surface area contributed by atoms with Crippen LogP contribution in [0.4, 0.5) is 5.13 Å². The van der Waals surface area contributed by atoms with E-state index in [4.69, 9.17) is 0 Å². The number of nitrogens with one attached hydrogen (secondary N) is 1. The van der Waals surface area contributed by atoms with E-state index in [1.165, 1.54) is 11.3 Å². The zero-order chi connectivity index (χ0) is 14.7. The summed E-state index contributed by atoms with van der Waals surface area (Å²) in [7, 11) is 0. The van der Waals surface area contributed by atoms with Gasteiger partial charge < -0.3 is 5.32 Å². The molecule has 3 rings (SSSR count). The van der Waals surface area contributed by atoms with Crippen molar-refractivity contribution >= 4 is 26.7 Å². The highest BCUT2D eigenvalue weighted by Crippen LogP contribution is 2.28. The first-order chi connectivity index (χ1) is 10.2. The van der Waals surface area contributed by atoms with Gasteiger partial charge in [-0.1, -0.05) is 53.8 Å². The Morgan fingerprint density at radius 1 is 1.14 bits per heavy atom. The quantitative estimate of drug-likeness (QED) is 0.576. The molecule has 0 unspecified atom stereocenters. The van der Waals surface area contributed by atoms with Crippen molar-refractivity contribution in [2.75, 3.05) is 11.9 Å². The second kappa shape index (κ2) is 5.88. The summed E-state index contributed by atoms with van der Waals surface area (Å²) in [5.41, 5.74) is 1.78. The number of rotatable bonds is 5. The van der Waals surface area contributed by atoms with Crippen LogP contribution in [-0.2, 0) is 0 Å². The molecule has 1 heterocycles. The van der Waals surface area contributed by atoms with Crippen molar-refractivity contribution in [1.29, 1.82) is 0 Å². The second-order valence-electron chi connectivity index (χ2n) is 4.61. The molecule has 5 nitrogen and oxygen atoms in total. The SMILES string of the molecule is O=[N+]([O-])C[C@@H](Nc1nc2ccccc2s1)c1ccccc1. The fourth-order valence-corrected chi connectivity index (χ4v) is 3.07. The fraction of sp³-hybridized carbons (Fsp3) is 0.133. The minimum Gasteiger partial charge on any atom is -0.348 e. The number of aromatic nitrogens is 1. The van der Waals surface area contributed by atoms with Gasteiger partial charge in [-0.05, 0) is 17.7 Å². The van der Waals surface area contributed by atoms with Gasteiger partial charge in [0.2, 0.25) is 6.54 Å². The van der Waals surface area contributed by atoms with Crippen LogP contribution in [0.5, 0.6) is 0 Å². The van der Waals surface area contributed by atoms with E-state index in [9.17, 15) is 10.1 Å². The van der Waals surface area contributed by atoms with Gasteiger partial charge in [-0.25, -0.2) is 4.98 Å². The fourth-order valence-electron chi connectivity index (χ4n) is 2.15. The minimum atomic E-state index is -0.387. The highest BCUT2D eigenvalue weighted by Gasteiger charge is 2.19. The molecule has 1 N–H and O–H groups in total. The molecule has 0 bridgehead atoms. The molecule has 0 aliphatic carbocycles. The Hall–Kier alpha value is -2.47. The number of fused-ring (bicyclic) bond motifs is 1. The third-order valence-corrected chi connectivity index (χ3v) is 4.09. The molecule has 106 valence electrons. The van der Waals surface area contributed by atoms with Crippen molar-refractivity contribution in [3.05, 3.63) is 70.3 Å². The molecule has 0 saturated carbocycles. The van der Waals surface area contributed by atoms with E-state index in [1.54, 1.807) is 0 Å². The van der Waals surface area contributed by atoms with Crippen molar-refractivity contribution in [2.24, 2.45) is 0 Å². The molecule has 3 aromatic rings. The molecule has 0 fully saturated rings. The summed E-state index contributed by atoms with van der Waals surface area (Å²) < 4.78 is 1.06. The average Bonchev–Trinajstić information content (AvgIpc) is 2.89. The lowest BCUT2D eigenvalue weighted by molar-refractivity contribution is -0.482. The van der Waals surface area contributed by atoms with E-state index in [2.05, 4.69) is 10.3 Å². The molecule has 0 radical (unpaired) electrons. The van der Waals surface area contributed by atoms with Gasteiger partial charge in [-0.2, -0.15) is 0 Å². The van der Waals surface area contributed by atoms with Crippen molar-refractivity contribution < 1.29 is 4.92 Å². The highest BCUT2D eigenvalue weighted by atomic mass is 32.1. The van der Waals surface area contributed by atoms with Crippen LogP contribution >= 0.6 is 11.3 Å². The van der Waals surface area contributed by atoms with Crippen molar-refractivity contribution in [2.45, 2.75) is 6.04 Å². The zero-order valence-electron chi connectivity index (χ0n) is 11.1. The lowest BCUT2D eigenvalue weighted by atomic mass is 10.1. The third kappa shape index (κ3) is 3.17. The third-order valence-electron chi connectivity index (χ3n) is 3.13. The van der Waals surface area contributed by atoms with E-state index in [-0.39, 0.29) is 17.5 Å². The van der Waals surface area contributed by atoms with Crippen molar-refractivity contribution in [3.63, 3.8) is 0 Å². The van der Waals surface area contributed by atoms with Crippen LogP contribution in [0.1, 0.15) is 11.6 Å². The summed E-state index contributed by atoms with van der Waals surface area (Å²) in [6.45, 7) is -0.181. The average molecular weight is 299 g/mol. The predicted molar refractivity (Wildman–Crippen MR) is 84.3 cm³/mol. The van der Waals surface area contributed by atoms with Gasteiger partial charge in [0.1, 0.15) is 6.04 Å². The lowest BCUT2D eigenvalue weighted by Gasteiger charge is -2.14. The predicted octanol–water partition coefficient (Wildman–Crippen LogP) is 3.73. The molecule has 0 saturated heterocycles. The first-order valence-corrected chi connectivity index (χ1v) is 7.33. The van der Waals surface area contributed by atoms with Gasteiger partial charge in [0.05, 0.1) is 10.2 Å². The Morgan fingerprint density at radius 3 is 2.57 bits per heavy atom. The van der Waals surface area contributed by atoms with Crippen LogP contribution in [0.15, 0.2) is 54.6 Å². The van der Waals surface area contributed by atoms with Crippen LogP contribution in [0.25, 0.3) is 10.2 Å². The maximum atomic E-state index is 10.9. The van der Waals surface area contributed by atoms with Gasteiger partial charge in [-0.3, -0.25) is 10.1 Å². The number of nitrogens with zero attached hydrogens (tertiary/aromatic N) is 2. The summed E-state index contributed by atoms with van der Waals surface area (Å²) >= 11 is 1.50. The van der Waals surface area contributed by atoms with Gasteiger partial charge in [0, 0.05) is 4.92 Å². The number of para-hydroxylation sites is 1. The van der Waals surface area contributed by atoms with Crippen LogP contribution in [0.3, 0.4) is 0 Å². The molecule has 6 heteroatoms. The standard InChI is InChI=1S/C15H13N3O2S/c19-18(20)10-13(11-6-2-1-3-7-11)17-15-16-12-8-4-5-9-14(12)21-15/h1-9,13H,10H2,(H,16,17)/t13-/m1/s1. The molecule has 0 amide bonds. The Bertz CT molecular complexity index is 725. The maximum absolute atomic E-state index is 10.9. The first-order valence-electron chi connectivity index (χ1n) is 6.51. The van der Waals surface area contributed by atoms with Crippen LogP contribution in [0, 0.1) is 10.1 Å². The van der Waals surface area contributed by atoms with E-state index in [0.29, 0.717) is 5.13 Å². The molecule has 21 heavy (non-hydrogen) atoms. The topological polar surface area (TPSA) is 68.1 Å². The molecular formula is C15H13N3O2S. The number of hydrogen-bond donors (Lipinski definition) is 1. The molecule has 0 aliphatic rings. The number of thiazole rings is 1. The number of anilines is 1. The number of benzene rings is 2. The molecule has 0 spiro atoms. The molecule has 0 aliphatic heterocycles. The molecule has 1 atom stereocenters. The molecule has 1 aromatic heterocycles. The normalized spacial score (nSPS) is 12.2. The summed E-state index contributed by atoms with van der Waals surface area (Å²) in [5, 5.41) is 14.8. The van der Waals surface area contributed by atoms with Gasteiger partial charge >= 0.3 is 0 Å². The van der Waals surface area contributed by atoms with E-state index in [0.717, 1.165) is 15.8 Å². The zero-order valence-corrected chi connectivity index (χ0v) is 11.9. The van der Waals surface area contributed by atoms with E-state index in [1.807, 2.05) is 54.6 Å². The summed E-state index contributed by atoms with van der Waals surface area (Å²) in [4.78, 5) is 15.1. The van der Waals surface area contributed by atoms with Gasteiger partial charge in [0.25, 0.3) is 0 Å². The Balaban J connectivity index is 1.88. The minimum absolute atomic E-state index is 0.181. The summed E-state index contributed by atoms with van der Waals surface area (Å²) in [6, 6.07) is 16.8. The Morgan fingerprint density at radius 2 is 1.86 bits per heavy atom. The lowest BCUT2D eigenvalue weighted by Crippen LogP contribution is -2.20. The van der Waals surface area contributed by atoms with Crippen LogP contribution in [-0.4, -0.2) is 16.5 Å². The van der Waals surface area contributed by atoms with Crippen LogP contribution < -0.4 is 5.32 Å². The van der Waals surface area contributed by atoms with Crippen LogP contribution in [0.2, 0.25) is 0 Å². The Labute approximate surface area is 125 Å². The molecule has 2 aromatic carbocycles. The second-order valence-corrected chi connectivity index (χ2v) is 5.64. The smallest absolute Gasteiger partial charge is 0.227 e. The number of nitro groups is 1. The van der Waals surface area contributed by atoms with Gasteiger partial charge in [-0.15, -0.1) is 0 Å². The molecular weight excluding hydrogens is 286 g/mol. The Kier molecular flexibility index (Phi) is 3.79. The summed E-state index contributed by atoms with van der Waals surface area (Å²) in [6.07, 6.45) is 0. The largest absolute Gasteiger partial charge is 0.348 e. The van der Waals surface area contributed by atoms with Gasteiger partial charge in [0.15, 0.2) is 5.13 Å². The first kappa shape index (κ1) is 13.5. The van der Waals surface area contributed by atoms with E-state index >= 15 is 0 Å². The highest BCUT2D eigenvalue weighted by molar-refractivity contribution is 7.22. The van der Waals surface area contributed by atoms with Crippen molar-refractivity contribution in [3.8, 4) is 0 Å². The number of hydrogen-bond acceptors (Lipinski definition) is 5. The maximum Gasteiger partial charge on any atom is 0.227 e.